The number of nitrogen functional groups attached to an aromatic ring is 1. The van der Waals surface area contributed by atoms with Crippen molar-refractivity contribution < 1.29 is 4.79 Å². The second-order valence-electron chi connectivity index (χ2n) is 2.58. The van der Waals surface area contributed by atoms with E-state index in [4.69, 9.17) is 5.73 Å². The zero-order valence-electron chi connectivity index (χ0n) is 7.03. The smallest absolute Gasteiger partial charge is 0.123 e. The SMILES string of the molecule is Nc1cc(Br)ccc1C=CCC=O. The maximum Gasteiger partial charge on any atom is 0.123 e. The van der Waals surface area contributed by atoms with Gasteiger partial charge in [0.1, 0.15) is 6.29 Å². The van der Waals surface area contributed by atoms with Crippen molar-refractivity contribution in [1.29, 1.82) is 0 Å². The van der Waals surface area contributed by atoms with Gasteiger partial charge in [0.15, 0.2) is 0 Å². The van der Waals surface area contributed by atoms with Crippen molar-refractivity contribution >= 4 is 34.0 Å². The summed E-state index contributed by atoms with van der Waals surface area (Å²) in [4.78, 5) is 10.0. The molecule has 0 aliphatic rings. The van der Waals surface area contributed by atoms with Crippen LogP contribution >= 0.6 is 15.9 Å². The minimum Gasteiger partial charge on any atom is -0.398 e. The van der Waals surface area contributed by atoms with E-state index in [0.717, 1.165) is 16.3 Å². The average molecular weight is 240 g/mol. The van der Waals surface area contributed by atoms with Crippen LogP contribution in [-0.2, 0) is 4.79 Å². The maximum atomic E-state index is 10.0. The van der Waals surface area contributed by atoms with Crippen molar-refractivity contribution in [3.05, 3.63) is 34.3 Å². The third-order valence-corrected chi connectivity index (χ3v) is 2.07. The zero-order valence-corrected chi connectivity index (χ0v) is 8.62. The van der Waals surface area contributed by atoms with Gasteiger partial charge in [-0.05, 0) is 17.7 Å². The fraction of sp³-hybridized carbons (Fsp3) is 0.100. The molecule has 0 fully saturated rings. The Bertz CT molecular complexity index is 334. The minimum atomic E-state index is 0.426. The summed E-state index contributed by atoms with van der Waals surface area (Å²) in [6.07, 6.45) is 4.91. The molecular weight excluding hydrogens is 230 g/mol. The molecule has 0 aliphatic carbocycles. The van der Waals surface area contributed by atoms with Crippen LogP contribution in [0.3, 0.4) is 0 Å². The quantitative estimate of drug-likeness (QED) is 0.651. The predicted octanol–water partition coefficient (Wildman–Crippen LogP) is 2.63. The monoisotopic (exact) mass is 239 g/mol. The van der Waals surface area contributed by atoms with E-state index in [1.165, 1.54) is 0 Å². The first-order valence-electron chi connectivity index (χ1n) is 3.89. The Morgan fingerprint density at radius 3 is 2.85 bits per heavy atom. The molecule has 0 amide bonds. The van der Waals surface area contributed by atoms with Gasteiger partial charge in [-0.3, -0.25) is 0 Å². The van der Waals surface area contributed by atoms with E-state index in [1.54, 1.807) is 6.08 Å². The van der Waals surface area contributed by atoms with E-state index >= 15 is 0 Å². The van der Waals surface area contributed by atoms with Crippen LogP contribution < -0.4 is 5.73 Å². The van der Waals surface area contributed by atoms with E-state index in [-0.39, 0.29) is 0 Å². The molecule has 0 aromatic heterocycles. The van der Waals surface area contributed by atoms with Crippen LogP contribution in [0.5, 0.6) is 0 Å². The van der Waals surface area contributed by atoms with Gasteiger partial charge in [-0.15, -0.1) is 0 Å². The molecule has 0 aliphatic heterocycles. The fourth-order valence-corrected chi connectivity index (χ4v) is 1.33. The Kier molecular flexibility index (Phi) is 3.71. The molecule has 13 heavy (non-hydrogen) atoms. The molecule has 0 saturated heterocycles. The summed E-state index contributed by atoms with van der Waals surface area (Å²) in [6, 6.07) is 5.65. The lowest BCUT2D eigenvalue weighted by atomic mass is 10.1. The molecule has 0 spiro atoms. The molecular formula is C10H10BrNO. The lowest BCUT2D eigenvalue weighted by Gasteiger charge is -1.99. The Hall–Kier alpha value is -1.09. The number of aldehydes is 1. The van der Waals surface area contributed by atoms with Crippen molar-refractivity contribution in [3.8, 4) is 0 Å². The maximum absolute atomic E-state index is 10.0. The van der Waals surface area contributed by atoms with E-state index in [9.17, 15) is 4.79 Å². The summed E-state index contributed by atoms with van der Waals surface area (Å²) in [5, 5.41) is 0. The lowest BCUT2D eigenvalue weighted by Crippen LogP contribution is -1.88. The molecule has 1 aromatic rings. The molecule has 3 heteroatoms. The predicted molar refractivity (Wildman–Crippen MR) is 58.3 cm³/mol. The second kappa shape index (κ2) is 4.82. The third kappa shape index (κ3) is 3.03. The Morgan fingerprint density at radius 1 is 1.46 bits per heavy atom. The number of hydrogen-bond donors (Lipinski definition) is 1. The lowest BCUT2D eigenvalue weighted by molar-refractivity contribution is -0.107. The van der Waals surface area contributed by atoms with Gasteiger partial charge in [0.25, 0.3) is 0 Å². The molecule has 0 bridgehead atoms. The van der Waals surface area contributed by atoms with Gasteiger partial charge in [0.05, 0.1) is 0 Å². The number of benzene rings is 1. The summed E-state index contributed by atoms with van der Waals surface area (Å²) >= 11 is 3.32. The number of rotatable bonds is 3. The normalized spacial score (nSPS) is 10.5. The average Bonchev–Trinajstić information content (AvgIpc) is 2.09. The number of nitrogens with two attached hydrogens (primary N) is 1. The van der Waals surface area contributed by atoms with Crippen LogP contribution in [0.2, 0.25) is 0 Å². The number of carbonyl (C=O) groups is 1. The summed E-state index contributed by atoms with van der Waals surface area (Å²) in [5.74, 6) is 0. The van der Waals surface area contributed by atoms with Gasteiger partial charge < -0.3 is 10.5 Å². The first-order chi connectivity index (χ1) is 6.24. The van der Waals surface area contributed by atoms with Crippen LogP contribution in [-0.4, -0.2) is 6.29 Å². The number of halogens is 1. The highest BCUT2D eigenvalue weighted by Gasteiger charge is 1.94. The second-order valence-corrected chi connectivity index (χ2v) is 3.49. The number of allylic oxidation sites excluding steroid dienone is 1. The molecule has 1 aromatic carbocycles. The molecule has 0 radical (unpaired) electrons. The summed E-state index contributed by atoms with van der Waals surface area (Å²) in [6.45, 7) is 0. The number of carbonyl (C=O) groups excluding carboxylic acids is 1. The van der Waals surface area contributed by atoms with E-state index in [1.807, 2.05) is 24.3 Å². The number of hydrogen-bond acceptors (Lipinski definition) is 2. The van der Waals surface area contributed by atoms with E-state index in [0.29, 0.717) is 12.1 Å². The topological polar surface area (TPSA) is 43.1 Å². The minimum absolute atomic E-state index is 0.426. The molecule has 0 unspecified atom stereocenters. The summed E-state index contributed by atoms with van der Waals surface area (Å²) in [5.41, 5.74) is 7.37. The van der Waals surface area contributed by atoms with Crippen LogP contribution in [0, 0.1) is 0 Å². The van der Waals surface area contributed by atoms with Crippen molar-refractivity contribution in [3.63, 3.8) is 0 Å². The first-order valence-corrected chi connectivity index (χ1v) is 4.68. The Balaban J connectivity index is 2.83. The van der Waals surface area contributed by atoms with E-state index in [2.05, 4.69) is 15.9 Å². The Morgan fingerprint density at radius 2 is 2.23 bits per heavy atom. The van der Waals surface area contributed by atoms with Crippen LogP contribution in [0.4, 0.5) is 5.69 Å². The molecule has 68 valence electrons. The molecule has 2 nitrogen and oxygen atoms in total. The van der Waals surface area contributed by atoms with Crippen LogP contribution in [0.1, 0.15) is 12.0 Å². The number of anilines is 1. The van der Waals surface area contributed by atoms with Gasteiger partial charge >= 0.3 is 0 Å². The third-order valence-electron chi connectivity index (χ3n) is 1.58. The van der Waals surface area contributed by atoms with Crippen LogP contribution in [0.15, 0.2) is 28.7 Å². The van der Waals surface area contributed by atoms with Crippen molar-refractivity contribution in [2.24, 2.45) is 0 Å². The van der Waals surface area contributed by atoms with Crippen molar-refractivity contribution in [1.82, 2.24) is 0 Å². The van der Waals surface area contributed by atoms with Gasteiger partial charge in [0, 0.05) is 16.6 Å². The van der Waals surface area contributed by atoms with Gasteiger partial charge in [-0.1, -0.05) is 34.1 Å². The molecule has 2 N–H and O–H groups in total. The van der Waals surface area contributed by atoms with Gasteiger partial charge in [-0.25, -0.2) is 0 Å². The van der Waals surface area contributed by atoms with E-state index < -0.39 is 0 Å². The summed E-state index contributed by atoms with van der Waals surface area (Å²) in [7, 11) is 0. The summed E-state index contributed by atoms with van der Waals surface area (Å²) < 4.78 is 0.956. The molecule has 1 rings (SSSR count). The highest BCUT2D eigenvalue weighted by atomic mass is 79.9. The first kappa shape index (κ1) is 9.99. The fourth-order valence-electron chi connectivity index (χ4n) is 0.948. The Labute approximate surface area is 85.6 Å². The highest BCUT2D eigenvalue weighted by molar-refractivity contribution is 9.10. The largest absolute Gasteiger partial charge is 0.398 e. The van der Waals surface area contributed by atoms with Gasteiger partial charge in [-0.2, -0.15) is 0 Å². The van der Waals surface area contributed by atoms with Crippen LogP contribution in [0.25, 0.3) is 6.08 Å². The molecule has 0 atom stereocenters. The van der Waals surface area contributed by atoms with Crippen molar-refractivity contribution in [2.75, 3.05) is 5.73 Å². The molecule has 0 saturated carbocycles. The molecule has 0 heterocycles. The highest BCUT2D eigenvalue weighted by Crippen LogP contribution is 2.19. The van der Waals surface area contributed by atoms with Crippen molar-refractivity contribution in [2.45, 2.75) is 6.42 Å². The van der Waals surface area contributed by atoms with Gasteiger partial charge in [0.2, 0.25) is 0 Å². The standard InChI is InChI=1S/C10H10BrNO/c11-9-5-4-8(10(12)7-9)3-1-2-6-13/h1,3-7H,2,12H2. The zero-order chi connectivity index (χ0) is 9.68.